The summed E-state index contributed by atoms with van der Waals surface area (Å²) in [7, 11) is 0. The van der Waals surface area contributed by atoms with Crippen molar-refractivity contribution in [1.29, 1.82) is 0 Å². The van der Waals surface area contributed by atoms with Gasteiger partial charge >= 0.3 is 5.97 Å². The molecule has 2 aromatic carbocycles. The third-order valence-corrected chi connectivity index (χ3v) is 3.77. The lowest BCUT2D eigenvalue weighted by atomic mass is 10.1. The molecule has 0 atom stereocenters. The molecule has 0 aliphatic heterocycles. The van der Waals surface area contributed by atoms with Crippen LogP contribution in [0.1, 0.15) is 21.5 Å². The molecule has 0 saturated heterocycles. The van der Waals surface area contributed by atoms with Gasteiger partial charge in [0.2, 0.25) is 0 Å². The van der Waals surface area contributed by atoms with Crippen LogP contribution in [0.5, 0.6) is 5.75 Å². The second kappa shape index (κ2) is 6.57. The summed E-state index contributed by atoms with van der Waals surface area (Å²) < 4.78 is 0.171. The molecule has 7 nitrogen and oxygen atoms in total. The SMILES string of the molecule is Cc1c(N=Cc2cc([N+](=O)[O-])cc(Br)c2O)cccc1C(=O)O. The lowest BCUT2D eigenvalue weighted by Crippen LogP contribution is -1.99. The number of non-ortho nitro benzene ring substituents is 1. The molecule has 0 amide bonds. The number of nitro benzene ring substituents is 1. The van der Waals surface area contributed by atoms with Crippen molar-refractivity contribution in [2.75, 3.05) is 0 Å². The van der Waals surface area contributed by atoms with Gasteiger partial charge in [-0.3, -0.25) is 15.1 Å². The molecule has 0 saturated carbocycles. The first-order valence-electron chi connectivity index (χ1n) is 6.35. The van der Waals surface area contributed by atoms with Gasteiger partial charge < -0.3 is 10.2 Å². The number of phenolic OH excluding ortho intramolecular Hbond substituents is 1. The van der Waals surface area contributed by atoms with Gasteiger partial charge in [-0.15, -0.1) is 0 Å². The number of nitrogens with zero attached hydrogens (tertiary/aromatic N) is 2. The minimum absolute atomic E-state index is 0.115. The summed E-state index contributed by atoms with van der Waals surface area (Å²) >= 11 is 3.04. The van der Waals surface area contributed by atoms with Crippen molar-refractivity contribution in [3.05, 3.63) is 61.6 Å². The maximum absolute atomic E-state index is 11.1. The summed E-state index contributed by atoms with van der Waals surface area (Å²) in [6, 6.07) is 6.98. The van der Waals surface area contributed by atoms with E-state index in [1.54, 1.807) is 19.1 Å². The standard InChI is InChI=1S/C15H11BrN2O5/c1-8-11(15(20)21)3-2-4-13(8)17-7-9-5-10(18(22)23)6-12(16)14(9)19/h2-7,19H,1H3,(H,20,21). The third kappa shape index (κ3) is 3.54. The highest BCUT2D eigenvalue weighted by molar-refractivity contribution is 9.10. The van der Waals surface area contributed by atoms with E-state index < -0.39 is 10.9 Å². The monoisotopic (exact) mass is 378 g/mol. The Morgan fingerprint density at radius 1 is 1.39 bits per heavy atom. The Bertz CT molecular complexity index is 833. The van der Waals surface area contributed by atoms with E-state index in [1.165, 1.54) is 24.4 Å². The van der Waals surface area contributed by atoms with Crippen LogP contribution < -0.4 is 0 Å². The largest absolute Gasteiger partial charge is 0.506 e. The van der Waals surface area contributed by atoms with Crippen LogP contribution in [0.3, 0.4) is 0 Å². The molecular formula is C15H11BrN2O5. The molecule has 0 bridgehead atoms. The summed E-state index contributed by atoms with van der Waals surface area (Å²) in [4.78, 5) is 25.5. The first kappa shape index (κ1) is 16.6. The van der Waals surface area contributed by atoms with Crippen LogP contribution in [0.4, 0.5) is 11.4 Å². The summed E-state index contributed by atoms with van der Waals surface area (Å²) in [5.41, 5.74) is 0.912. The molecular weight excluding hydrogens is 368 g/mol. The maximum Gasteiger partial charge on any atom is 0.336 e. The van der Waals surface area contributed by atoms with Crippen LogP contribution in [-0.4, -0.2) is 27.3 Å². The number of phenols is 1. The zero-order chi connectivity index (χ0) is 17.1. The van der Waals surface area contributed by atoms with E-state index in [0.717, 1.165) is 0 Å². The third-order valence-electron chi connectivity index (χ3n) is 3.17. The van der Waals surface area contributed by atoms with Crippen LogP contribution >= 0.6 is 15.9 Å². The molecule has 8 heteroatoms. The van der Waals surface area contributed by atoms with Crippen molar-refractivity contribution in [3.8, 4) is 5.75 Å². The van der Waals surface area contributed by atoms with Crippen LogP contribution in [0.25, 0.3) is 0 Å². The Hall–Kier alpha value is -2.74. The molecule has 0 heterocycles. The van der Waals surface area contributed by atoms with Gasteiger partial charge in [-0.05, 0) is 40.5 Å². The highest BCUT2D eigenvalue weighted by atomic mass is 79.9. The predicted molar refractivity (Wildman–Crippen MR) is 87.9 cm³/mol. The van der Waals surface area contributed by atoms with Gasteiger partial charge in [-0.2, -0.15) is 0 Å². The number of carboxylic acids is 1. The summed E-state index contributed by atoms with van der Waals surface area (Å²) in [6.45, 7) is 1.61. The van der Waals surface area contributed by atoms with Gasteiger partial charge in [-0.25, -0.2) is 4.79 Å². The summed E-state index contributed by atoms with van der Waals surface area (Å²) in [6.07, 6.45) is 1.25. The fourth-order valence-electron chi connectivity index (χ4n) is 1.94. The number of carbonyl (C=O) groups is 1. The van der Waals surface area contributed by atoms with Crippen molar-refractivity contribution in [2.24, 2.45) is 4.99 Å². The number of rotatable bonds is 4. The maximum atomic E-state index is 11.1. The molecule has 0 aromatic heterocycles. The van der Waals surface area contributed by atoms with E-state index in [9.17, 15) is 20.0 Å². The first-order chi connectivity index (χ1) is 10.8. The van der Waals surface area contributed by atoms with E-state index in [2.05, 4.69) is 20.9 Å². The molecule has 0 spiro atoms. The van der Waals surface area contributed by atoms with Gasteiger partial charge in [0.05, 0.1) is 20.6 Å². The average Bonchev–Trinajstić information content (AvgIpc) is 2.49. The molecule has 23 heavy (non-hydrogen) atoms. The Kier molecular flexibility index (Phi) is 4.75. The molecule has 0 radical (unpaired) electrons. The molecule has 0 aliphatic rings. The number of halogens is 1. The number of carboxylic acid groups (broad SMARTS) is 1. The first-order valence-corrected chi connectivity index (χ1v) is 7.14. The van der Waals surface area contributed by atoms with Gasteiger partial charge in [0.15, 0.2) is 0 Å². The Labute approximate surface area is 139 Å². The Morgan fingerprint density at radius 3 is 2.70 bits per heavy atom. The van der Waals surface area contributed by atoms with E-state index in [1.807, 2.05) is 0 Å². The number of hydrogen-bond donors (Lipinski definition) is 2. The molecule has 0 aliphatic carbocycles. The zero-order valence-corrected chi connectivity index (χ0v) is 13.4. The minimum Gasteiger partial charge on any atom is -0.506 e. The quantitative estimate of drug-likeness (QED) is 0.476. The predicted octanol–water partition coefficient (Wildman–Crippen LogP) is 3.82. The number of aromatic carboxylic acids is 1. The molecule has 0 unspecified atom stereocenters. The topological polar surface area (TPSA) is 113 Å². The lowest BCUT2D eigenvalue weighted by molar-refractivity contribution is -0.385. The van der Waals surface area contributed by atoms with E-state index in [0.29, 0.717) is 11.3 Å². The van der Waals surface area contributed by atoms with Crippen molar-refractivity contribution < 1.29 is 19.9 Å². The second-order valence-electron chi connectivity index (χ2n) is 4.64. The van der Waals surface area contributed by atoms with Gasteiger partial charge in [0.1, 0.15) is 5.75 Å². The second-order valence-corrected chi connectivity index (χ2v) is 5.49. The van der Waals surface area contributed by atoms with Gasteiger partial charge in [0, 0.05) is 23.9 Å². The highest BCUT2D eigenvalue weighted by Crippen LogP contribution is 2.32. The van der Waals surface area contributed by atoms with Crippen LogP contribution in [-0.2, 0) is 0 Å². The van der Waals surface area contributed by atoms with Gasteiger partial charge in [-0.1, -0.05) is 6.07 Å². The summed E-state index contributed by atoms with van der Waals surface area (Å²) in [5.74, 6) is -1.26. The number of hydrogen-bond acceptors (Lipinski definition) is 5. The number of aliphatic imine (C=N–C) groups is 1. The zero-order valence-electron chi connectivity index (χ0n) is 11.9. The van der Waals surface area contributed by atoms with Crippen molar-refractivity contribution in [1.82, 2.24) is 0 Å². The summed E-state index contributed by atoms with van der Waals surface area (Å²) in [5, 5.41) is 29.9. The molecule has 2 rings (SSSR count). The molecule has 2 N–H and O–H groups in total. The fourth-order valence-corrected chi connectivity index (χ4v) is 2.41. The number of aromatic hydroxyl groups is 1. The lowest BCUT2D eigenvalue weighted by Gasteiger charge is -2.05. The van der Waals surface area contributed by atoms with Crippen LogP contribution in [0.2, 0.25) is 0 Å². The Morgan fingerprint density at radius 2 is 2.09 bits per heavy atom. The van der Waals surface area contributed by atoms with E-state index in [4.69, 9.17) is 5.11 Å². The minimum atomic E-state index is -1.07. The molecule has 2 aromatic rings. The smallest absolute Gasteiger partial charge is 0.336 e. The Balaban J connectivity index is 2.47. The van der Waals surface area contributed by atoms with E-state index >= 15 is 0 Å². The van der Waals surface area contributed by atoms with Crippen molar-refractivity contribution in [3.63, 3.8) is 0 Å². The fraction of sp³-hybridized carbons (Fsp3) is 0.0667. The van der Waals surface area contributed by atoms with Crippen molar-refractivity contribution in [2.45, 2.75) is 6.92 Å². The molecule has 0 fully saturated rings. The molecule has 118 valence electrons. The van der Waals surface area contributed by atoms with Crippen LogP contribution in [0, 0.1) is 17.0 Å². The highest BCUT2D eigenvalue weighted by Gasteiger charge is 2.14. The van der Waals surface area contributed by atoms with Gasteiger partial charge in [0.25, 0.3) is 5.69 Å². The van der Waals surface area contributed by atoms with Crippen molar-refractivity contribution >= 4 is 39.5 Å². The normalized spacial score (nSPS) is 10.9. The number of benzene rings is 2. The average molecular weight is 379 g/mol. The number of nitro groups is 1. The van der Waals surface area contributed by atoms with Crippen LogP contribution in [0.15, 0.2) is 39.8 Å². The van der Waals surface area contributed by atoms with E-state index in [-0.39, 0.29) is 27.0 Å².